The van der Waals surface area contributed by atoms with Crippen molar-refractivity contribution in [2.45, 2.75) is 32.7 Å². The van der Waals surface area contributed by atoms with Crippen LogP contribution in [0.3, 0.4) is 0 Å². The first kappa shape index (κ1) is 13.7. The molecule has 0 saturated carbocycles. The quantitative estimate of drug-likeness (QED) is 0.734. The lowest BCUT2D eigenvalue weighted by Crippen LogP contribution is -2.07. The third kappa shape index (κ3) is 2.64. The standard InChI is InChI=1S/C18H21N3/c1-13(2)18-20-17-15(19)9-6-10-16(17)21(18)12-11-14-7-4-3-5-8-14/h3-10,13H,11-12,19H2,1-2H3. The molecule has 1 heterocycles. The Bertz CT molecular complexity index is 742. The third-order valence-electron chi connectivity index (χ3n) is 3.82. The van der Waals surface area contributed by atoms with Gasteiger partial charge in [0.05, 0.1) is 11.2 Å². The molecule has 3 aromatic rings. The second-order valence-electron chi connectivity index (χ2n) is 5.73. The highest BCUT2D eigenvalue weighted by Crippen LogP contribution is 2.26. The number of hydrogen-bond acceptors (Lipinski definition) is 2. The van der Waals surface area contributed by atoms with Crippen LogP contribution < -0.4 is 5.73 Å². The number of aromatic nitrogens is 2. The Morgan fingerprint density at radius 1 is 1.05 bits per heavy atom. The van der Waals surface area contributed by atoms with Gasteiger partial charge in [0.25, 0.3) is 0 Å². The highest BCUT2D eigenvalue weighted by molar-refractivity contribution is 5.87. The molecular weight excluding hydrogens is 258 g/mol. The van der Waals surface area contributed by atoms with Gasteiger partial charge < -0.3 is 10.3 Å². The lowest BCUT2D eigenvalue weighted by molar-refractivity contribution is 0.634. The summed E-state index contributed by atoms with van der Waals surface area (Å²) in [5.74, 6) is 1.49. The fraction of sp³-hybridized carbons (Fsp3) is 0.278. The number of hydrogen-bond donors (Lipinski definition) is 1. The molecule has 0 spiro atoms. The van der Waals surface area contributed by atoms with Gasteiger partial charge in [-0.25, -0.2) is 4.98 Å². The van der Waals surface area contributed by atoms with E-state index in [1.807, 2.05) is 12.1 Å². The summed E-state index contributed by atoms with van der Waals surface area (Å²) in [6.45, 7) is 5.28. The zero-order chi connectivity index (χ0) is 14.8. The fourth-order valence-electron chi connectivity index (χ4n) is 2.75. The normalized spacial score (nSPS) is 11.4. The molecule has 2 aromatic carbocycles. The van der Waals surface area contributed by atoms with Gasteiger partial charge in [0, 0.05) is 12.5 Å². The number of nitrogens with two attached hydrogens (primary N) is 1. The van der Waals surface area contributed by atoms with Crippen molar-refractivity contribution >= 4 is 16.7 Å². The maximum absolute atomic E-state index is 6.07. The maximum atomic E-state index is 6.07. The second kappa shape index (κ2) is 5.60. The number of benzene rings is 2. The monoisotopic (exact) mass is 279 g/mol. The van der Waals surface area contributed by atoms with Crippen LogP contribution in [0.15, 0.2) is 48.5 Å². The Morgan fingerprint density at radius 2 is 1.81 bits per heavy atom. The van der Waals surface area contributed by atoms with Gasteiger partial charge in [-0.1, -0.05) is 50.2 Å². The van der Waals surface area contributed by atoms with E-state index in [9.17, 15) is 0 Å². The van der Waals surface area contributed by atoms with E-state index in [4.69, 9.17) is 10.7 Å². The lowest BCUT2D eigenvalue weighted by Gasteiger charge is -2.11. The zero-order valence-corrected chi connectivity index (χ0v) is 12.6. The van der Waals surface area contributed by atoms with Crippen molar-refractivity contribution in [3.05, 3.63) is 59.9 Å². The molecule has 0 fully saturated rings. The van der Waals surface area contributed by atoms with Crippen molar-refractivity contribution in [1.82, 2.24) is 9.55 Å². The van der Waals surface area contributed by atoms with Gasteiger partial charge in [0.2, 0.25) is 0 Å². The summed E-state index contributed by atoms with van der Waals surface area (Å²) in [5, 5.41) is 0. The van der Waals surface area contributed by atoms with E-state index in [-0.39, 0.29) is 0 Å². The van der Waals surface area contributed by atoms with Crippen LogP contribution in [0.5, 0.6) is 0 Å². The number of imidazole rings is 1. The minimum Gasteiger partial charge on any atom is -0.397 e. The number of anilines is 1. The molecular formula is C18H21N3. The zero-order valence-electron chi connectivity index (χ0n) is 12.6. The Balaban J connectivity index is 2.00. The van der Waals surface area contributed by atoms with E-state index >= 15 is 0 Å². The summed E-state index contributed by atoms with van der Waals surface area (Å²) in [6.07, 6.45) is 1.00. The van der Waals surface area contributed by atoms with Crippen LogP contribution in [0.25, 0.3) is 11.0 Å². The van der Waals surface area contributed by atoms with E-state index in [1.165, 1.54) is 5.56 Å². The molecule has 0 saturated heterocycles. The number of nitrogens with zero attached hydrogens (tertiary/aromatic N) is 2. The number of rotatable bonds is 4. The Hall–Kier alpha value is -2.29. The van der Waals surface area contributed by atoms with E-state index in [0.29, 0.717) is 5.92 Å². The molecule has 0 aliphatic rings. The van der Waals surface area contributed by atoms with E-state index in [2.05, 4.69) is 54.8 Å². The number of para-hydroxylation sites is 1. The fourth-order valence-corrected chi connectivity index (χ4v) is 2.75. The second-order valence-corrected chi connectivity index (χ2v) is 5.73. The first-order valence-corrected chi connectivity index (χ1v) is 7.45. The summed E-state index contributed by atoms with van der Waals surface area (Å²) in [5.41, 5.74) is 10.2. The number of nitrogen functional groups attached to an aromatic ring is 1. The molecule has 3 heteroatoms. The SMILES string of the molecule is CC(C)c1nc2c(N)cccc2n1CCc1ccccc1. The van der Waals surface area contributed by atoms with Crippen molar-refractivity contribution in [2.75, 3.05) is 5.73 Å². The Kier molecular flexibility index (Phi) is 3.65. The van der Waals surface area contributed by atoms with E-state index < -0.39 is 0 Å². The van der Waals surface area contributed by atoms with Crippen LogP contribution in [0.1, 0.15) is 31.2 Å². The molecule has 0 aliphatic heterocycles. The number of aryl methyl sites for hydroxylation is 2. The number of fused-ring (bicyclic) bond motifs is 1. The van der Waals surface area contributed by atoms with E-state index in [1.54, 1.807) is 0 Å². The van der Waals surface area contributed by atoms with Gasteiger partial charge in [-0.3, -0.25) is 0 Å². The predicted octanol–water partition coefficient (Wildman–Crippen LogP) is 3.98. The van der Waals surface area contributed by atoms with Crippen molar-refractivity contribution < 1.29 is 0 Å². The lowest BCUT2D eigenvalue weighted by atomic mass is 10.1. The molecule has 108 valence electrons. The van der Waals surface area contributed by atoms with Gasteiger partial charge in [-0.05, 0) is 24.1 Å². The Labute approximate surface area is 125 Å². The van der Waals surface area contributed by atoms with Crippen molar-refractivity contribution in [2.24, 2.45) is 0 Å². The van der Waals surface area contributed by atoms with Gasteiger partial charge >= 0.3 is 0 Å². The molecule has 0 atom stereocenters. The molecule has 3 rings (SSSR count). The molecule has 2 N–H and O–H groups in total. The summed E-state index contributed by atoms with van der Waals surface area (Å²) < 4.78 is 2.31. The van der Waals surface area contributed by atoms with Crippen LogP contribution in [0.2, 0.25) is 0 Å². The highest BCUT2D eigenvalue weighted by atomic mass is 15.1. The Morgan fingerprint density at radius 3 is 2.52 bits per heavy atom. The predicted molar refractivity (Wildman–Crippen MR) is 88.4 cm³/mol. The molecule has 21 heavy (non-hydrogen) atoms. The summed E-state index contributed by atoms with van der Waals surface area (Å²) in [4.78, 5) is 4.76. The van der Waals surface area contributed by atoms with Crippen molar-refractivity contribution in [3.8, 4) is 0 Å². The van der Waals surface area contributed by atoms with E-state index in [0.717, 1.165) is 35.5 Å². The molecule has 1 aromatic heterocycles. The summed E-state index contributed by atoms with van der Waals surface area (Å²) in [6, 6.07) is 16.6. The van der Waals surface area contributed by atoms with Gasteiger partial charge in [-0.2, -0.15) is 0 Å². The van der Waals surface area contributed by atoms with Crippen LogP contribution in [0, 0.1) is 0 Å². The minimum absolute atomic E-state index is 0.382. The molecule has 0 bridgehead atoms. The molecule has 0 amide bonds. The topological polar surface area (TPSA) is 43.8 Å². The van der Waals surface area contributed by atoms with Crippen LogP contribution >= 0.6 is 0 Å². The average Bonchev–Trinajstić information content (AvgIpc) is 2.87. The van der Waals surface area contributed by atoms with Gasteiger partial charge in [0.1, 0.15) is 11.3 Å². The molecule has 3 nitrogen and oxygen atoms in total. The highest BCUT2D eigenvalue weighted by Gasteiger charge is 2.14. The van der Waals surface area contributed by atoms with Gasteiger partial charge in [0.15, 0.2) is 0 Å². The first-order valence-electron chi connectivity index (χ1n) is 7.45. The van der Waals surface area contributed by atoms with Crippen molar-refractivity contribution in [3.63, 3.8) is 0 Å². The molecule has 0 aliphatic carbocycles. The maximum Gasteiger partial charge on any atom is 0.112 e. The van der Waals surface area contributed by atoms with Crippen LogP contribution in [-0.4, -0.2) is 9.55 Å². The average molecular weight is 279 g/mol. The smallest absolute Gasteiger partial charge is 0.112 e. The van der Waals surface area contributed by atoms with Crippen LogP contribution in [-0.2, 0) is 13.0 Å². The van der Waals surface area contributed by atoms with Crippen molar-refractivity contribution in [1.29, 1.82) is 0 Å². The summed E-state index contributed by atoms with van der Waals surface area (Å²) in [7, 11) is 0. The largest absolute Gasteiger partial charge is 0.397 e. The van der Waals surface area contributed by atoms with Crippen LogP contribution in [0.4, 0.5) is 5.69 Å². The third-order valence-corrected chi connectivity index (χ3v) is 3.82. The summed E-state index contributed by atoms with van der Waals surface area (Å²) >= 11 is 0. The molecule has 0 radical (unpaired) electrons. The van der Waals surface area contributed by atoms with Gasteiger partial charge in [-0.15, -0.1) is 0 Å². The minimum atomic E-state index is 0.382. The molecule has 0 unspecified atom stereocenters. The first-order chi connectivity index (χ1) is 10.2.